The Labute approximate surface area is 179 Å². The van der Waals surface area contributed by atoms with Gasteiger partial charge in [-0.05, 0) is 42.1 Å². The second-order valence-electron chi connectivity index (χ2n) is 6.02. The molecule has 0 spiro atoms. The Kier molecular flexibility index (Phi) is 9.10. The third kappa shape index (κ3) is 6.26. The number of piperazine rings is 1. The molecular formula is C20H29F3N4S2. The van der Waals surface area contributed by atoms with Crippen LogP contribution in [0, 0.1) is 0 Å². The highest BCUT2D eigenvalue weighted by atomic mass is 32.2. The number of benzene rings is 1. The molecule has 0 amide bonds. The Morgan fingerprint density at radius 2 is 1.76 bits per heavy atom. The lowest BCUT2D eigenvalue weighted by molar-refractivity contribution is -0.140. The summed E-state index contributed by atoms with van der Waals surface area (Å²) < 4.78 is 40.3. The second-order valence-corrected chi connectivity index (χ2v) is 8.02. The zero-order valence-electron chi connectivity index (χ0n) is 17.3. The summed E-state index contributed by atoms with van der Waals surface area (Å²) in [5, 5.41) is 4.90. The molecule has 0 saturated carbocycles. The maximum absolute atomic E-state index is 12.7. The quantitative estimate of drug-likeness (QED) is 0.584. The summed E-state index contributed by atoms with van der Waals surface area (Å²) in [6.07, 6.45) is -3.31. The van der Waals surface area contributed by atoms with E-state index in [1.807, 2.05) is 32.6 Å². The fraction of sp³-hybridized carbons (Fsp3) is 0.550. The van der Waals surface area contributed by atoms with Crippen LogP contribution in [0.2, 0.25) is 0 Å². The Bertz CT molecular complexity index is 756. The smallest absolute Gasteiger partial charge is 0.384 e. The van der Waals surface area contributed by atoms with E-state index in [2.05, 4.69) is 32.8 Å². The largest absolute Gasteiger partial charge is 0.434 e. The fourth-order valence-electron chi connectivity index (χ4n) is 3.00. The molecule has 4 nitrogen and oxygen atoms in total. The molecule has 0 bridgehead atoms. The van der Waals surface area contributed by atoms with Crippen molar-refractivity contribution in [2.45, 2.75) is 45.2 Å². The van der Waals surface area contributed by atoms with Crippen molar-refractivity contribution in [2.75, 3.05) is 42.9 Å². The molecule has 2 aromatic rings. The van der Waals surface area contributed by atoms with Crippen molar-refractivity contribution in [1.82, 2.24) is 9.29 Å². The first-order chi connectivity index (χ1) is 14.0. The summed E-state index contributed by atoms with van der Waals surface area (Å²) in [5.74, 6) is 0. The van der Waals surface area contributed by atoms with Crippen LogP contribution in [0.4, 0.5) is 24.0 Å². The van der Waals surface area contributed by atoms with Crippen molar-refractivity contribution < 1.29 is 13.2 Å². The highest BCUT2D eigenvalue weighted by Crippen LogP contribution is 2.34. The van der Waals surface area contributed by atoms with Crippen LogP contribution in [-0.2, 0) is 12.6 Å². The first-order valence-corrected chi connectivity index (χ1v) is 11.7. The number of hydrogen-bond donors (Lipinski definition) is 1. The molecule has 1 N–H and O–H groups in total. The molecule has 9 heteroatoms. The number of anilines is 2. The number of nitrogens with one attached hydrogen (secondary N) is 1. The Morgan fingerprint density at radius 1 is 1.07 bits per heavy atom. The Balaban J connectivity index is 0.000000707. The Morgan fingerprint density at radius 3 is 2.38 bits per heavy atom. The molecule has 3 heterocycles. The van der Waals surface area contributed by atoms with Crippen molar-refractivity contribution >= 4 is 34.1 Å². The minimum atomic E-state index is -4.37. The van der Waals surface area contributed by atoms with Gasteiger partial charge in [-0.25, -0.2) is 9.29 Å². The minimum absolute atomic E-state index is 0.459. The third-order valence-electron chi connectivity index (χ3n) is 4.31. The number of hydrogen-bond acceptors (Lipinski definition) is 6. The number of rotatable bonds is 3. The van der Waals surface area contributed by atoms with Gasteiger partial charge in [0.05, 0.1) is 0 Å². The summed E-state index contributed by atoms with van der Waals surface area (Å²) in [7, 11) is 0. The summed E-state index contributed by atoms with van der Waals surface area (Å²) in [6.45, 7) is 12.0. The van der Waals surface area contributed by atoms with Crippen molar-refractivity contribution in [3.8, 4) is 0 Å². The highest BCUT2D eigenvalue weighted by Gasteiger charge is 2.34. The average molecular weight is 447 g/mol. The average Bonchev–Trinajstić information content (AvgIpc) is 3.41. The van der Waals surface area contributed by atoms with E-state index in [0.29, 0.717) is 18.2 Å². The maximum atomic E-state index is 12.7. The minimum Gasteiger partial charge on any atom is -0.384 e. The molecule has 0 aliphatic carbocycles. The summed E-state index contributed by atoms with van der Waals surface area (Å²) in [4.78, 5) is 6.89. The normalized spacial score (nSPS) is 16.2. The van der Waals surface area contributed by atoms with Crippen molar-refractivity contribution in [1.29, 1.82) is 0 Å². The van der Waals surface area contributed by atoms with Crippen LogP contribution < -0.4 is 10.2 Å². The molecule has 1 aromatic carbocycles. The van der Waals surface area contributed by atoms with Gasteiger partial charge in [-0.1, -0.05) is 27.7 Å². The molecule has 2 aliphatic heterocycles. The number of nitrogens with zero attached hydrogens (tertiary/aromatic N) is 3. The van der Waals surface area contributed by atoms with Gasteiger partial charge in [-0.15, -0.1) is 11.3 Å². The van der Waals surface area contributed by atoms with Gasteiger partial charge in [0.2, 0.25) is 0 Å². The number of halogens is 3. The van der Waals surface area contributed by atoms with E-state index in [1.54, 1.807) is 11.9 Å². The van der Waals surface area contributed by atoms with Crippen molar-refractivity contribution in [2.24, 2.45) is 0 Å². The number of thiazole rings is 1. The monoisotopic (exact) mass is 446 g/mol. The van der Waals surface area contributed by atoms with Gasteiger partial charge in [0, 0.05) is 48.7 Å². The molecule has 0 atom stereocenters. The molecule has 1 saturated heterocycles. The Hall–Kier alpha value is -1.45. The van der Waals surface area contributed by atoms with Crippen LogP contribution in [0.15, 0.2) is 28.5 Å². The van der Waals surface area contributed by atoms with Crippen LogP contribution in [0.25, 0.3) is 0 Å². The molecule has 1 fully saturated rings. The van der Waals surface area contributed by atoms with Gasteiger partial charge in [0.1, 0.15) is 0 Å². The zero-order valence-corrected chi connectivity index (χ0v) is 19.0. The summed E-state index contributed by atoms with van der Waals surface area (Å²) >= 11 is 2.78. The van der Waals surface area contributed by atoms with Crippen LogP contribution in [-0.4, -0.2) is 42.0 Å². The van der Waals surface area contributed by atoms with Crippen molar-refractivity contribution in [3.05, 3.63) is 34.8 Å². The summed E-state index contributed by atoms with van der Waals surface area (Å²) in [5.41, 5.74) is 1.78. The van der Waals surface area contributed by atoms with Crippen LogP contribution in [0.1, 0.15) is 39.0 Å². The van der Waals surface area contributed by atoms with E-state index >= 15 is 0 Å². The van der Waals surface area contributed by atoms with E-state index in [1.165, 1.54) is 16.1 Å². The topological polar surface area (TPSA) is 31.4 Å². The van der Waals surface area contributed by atoms with E-state index in [4.69, 9.17) is 0 Å². The number of alkyl halides is 3. The predicted octanol–water partition coefficient (Wildman–Crippen LogP) is 6.01. The molecule has 162 valence electrons. The lowest BCUT2D eigenvalue weighted by Gasteiger charge is -2.33. The van der Waals surface area contributed by atoms with Gasteiger partial charge >= 0.3 is 6.18 Å². The molecule has 1 aromatic heterocycles. The van der Waals surface area contributed by atoms with Crippen LogP contribution in [0.5, 0.6) is 0 Å². The van der Waals surface area contributed by atoms with E-state index < -0.39 is 11.9 Å². The molecular weight excluding hydrogens is 417 g/mol. The van der Waals surface area contributed by atoms with Gasteiger partial charge in [-0.2, -0.15) is 13.2 Å². The third-order valence-corrected chi connectivity index (χ3v) is 6.30. The summed E-state index contributed by atoms with van der Waals surface area (Å²) in [6, 6.07) is 6.46. The van der Waals surface area contributed by atoms with Gasteiger partial charge < -0.3 is 10.2 Å². The fourth-order valence-corrected chi connectivity index (χ4v) is 4.85. The molecule has 0 radical (unpaired) electrons. The molecule has 4 rings (SSSR count). The van der Waals surface area contributed by atoms with E-state index in [-0.39, 0.29) is 0 Å². The lowest BCUT2D eigenvalue weighted by Crippen LogP contribution is -2.43. The van der Waals surface area contributed by atoms with E-state index in [0.717, 1.165) is 42.8 Å². The zero-order chi connectivity index (χ0) is 21.4. The maximum Gasteiger partial charge on any atom is 0.434 e. The molecule has 2 aliphatic rings. The predicted molar refractivity (Wildman–Crippen MR) is 118 cm³/mol. The standard InChI is InChI=1S/C16H17F3N4S2.2C2H6/c17-16(18,19)14-10-24-15(21-14)22-5-7-23(8-6-22)25-12-1-2-13-11(9-12)3-4-20-13;2*1-2/h1-2,9-10,20H,3-8H2;2*1-2H3. The van der Waals surface area contributed by atoms with E-state index in [9.17, 15) is 13.2 Å². The van der Waals surface area contributed by atoms with Crippen molar-refractivity contribution in [3.63, 3.8) is 0 Å². The lowest BCUT2D eigenvalue weighted by atomic mass is 10.2. The van der Waals surface area contributed by atoms with Gasteiger partial charge in [-0.3, -0.25) is 0 Å². The van der Waals surface area contributed by atoms with Crippen LogP contribution in [0.3, 0.4) is 0 Å². The first-order valence-electron chi connectivity index (χ1n) is 10.1. The number of aromatic nitrogens is 1. The highest BCUT2D eigenvalue weighted by molar-refractivity contribution is 7.97. The van der Waals surface area contributed by atoms with Crippen LogP contribution >= 0.6 is 23.3 Å². The number of fused-ring (bicyclic) bond motifs is 1. The molecule has 0 unspecified atom stereocenters. The van der Waals surface area contributed by atoms with Gasteiger partial charge in [0.15, 0.2) is 10.8 Å². The van der Waals surface area contributed by atoms with Gasteiger partial charge in [0.25, 0.3) is 0 Å². The molecule has 29 heavy (non-hydrogen) atoms. The second kappa shape index (κ2) is 11.1. The SMILES string of the molecule is CC.CC.FC(F)(F)c1csc(N2CCN(Sc3ccc4c(c3)CCN4)CC2)n1. The first kappa shape index (κ1) is 23.8.